The van der Waals surface area contributed by atoms with E-state index in [1.54, 1.807) is 19.1 Å². The van der Waals surface area contributed by atoms with Gasteiger partial charge in [0, 0.05) is 19.5 Å². The lowest BCUT2D eigenvalue weighted by Crippen LogP contribution is -2.31. The van der Waals surface area contributed by atoms with Crippen LogP contribution in [0.4, 0.5) is 0 Å². The number of sulfonamides is 1. The van der Waals surface area contributed by atoms with Crippen LogP contribution in [0.3, 0.4) is 0 Å². The number of benzene rings is 1. The van der Waals surface area contributed by atoms with Crippen LogP contribution in [0.2, 0.25) is 0 Å². The summed E-state index contributed by atoms with van der Waals surface area (Å²) in [6, 6.07) is 5.18. The average Bonchev–Trinajstić information content (AvgIpc) is 2.38. The van der Waals surface area contributed by atoms with Crippen LogP contribution in [0.1, 0.15) is 37.3 Å². The van der Waals surface area contributed by atoms with Gasteiger partial charge < -0.3 is 5.32 Å². The molecule has 0 bridgehead atoms. The van der Waals surface area contributed by atoms with Crippen molar-refractivity contribution in [2.24, 2.45) is 0 Å². The van der Waals surface area contributed by atoms with Crippen LogP contribution in [0.25, 0.3) is 0 Å². The van der Waals surface area contributed by atoms with Gasteiger partial charge in [-0.3, -0.25) is 4.79 Å². The van der Waals surface area contributed by atoms with Gasteiger partial charge in [-0.2, -0.15) is 0 Å². The molecule has 118 valence electrons. The minimum atomic E-state index is -3.56. The summed E-state index contributed by atoms with van der Waals surface area (Å²) in [5.74, 6) is -0.133. The van der Waals surface area contributed by atoms with Crippen molar-refractivity contribution < 1.29 is 13.2 Å². The Bertz CT molecular complexity index is 583. The summed E-state index contributed by atoms with van der Waals surface area (Å²) in [4.78, 5) is 11.8. The van der Waals surface area contributed by atoms with E-state index in [4.69, 9.17) is 0 Å². The first kappa shape index (κ1) is 17.7. The number of hydrogen-bond acceptors (Lipinski definition) is 3. The second-order valence-corrected chi connectivity index (χ2v) is 6.86. The van der Waals surface area contributed by atoms with Gasteiger partial charge in [-0.25, -0.2) is 13.1 Å². The number of aryl methyl sites for hydroxylation is 2. The number of carbonyl (C=O) groups is 1. The summed E-state index contributed by atoms with van der Waals surface area (Å²) < 4.78 is 26.8. The van der Waals surface area contributed by atoms with Gasteiger partial charge in [-0.15, -0.1) is 0 Å². The standard InChI is InChI=1S/C15H24N2O3S/c1-4-5-9-16-15(18)8-10-17-21(19,20)14-7-6-12(2)11-13(14)3/h6-7,11,17H,4-5,8-10H2,1-3H3,(H,16,18). The Kier molecular flexibility index (Phi) is 6.84. The van der Waals surface area contributed by atoms with E-state index >= 15 is 0 Å². The number of unbranched alkanes of at least 4 members (excludes halogenated alkanes) is 1. The maximum Gasteiger partial charge on any atom is 0.240 e. The highest BCUT2D eigenvalue weighted by molar-refractivity contribution is 7.89. The summed E-state index contributed by atoms with van der Waals surface area (Å²) in [5.41, 5.74) is 1.72. The first-order valence-corrected chi connectivity index (χ1v) is 8.68. The van der Waals surface area contributed by atoms with Crippen molar-refractivity contribution in [2.75, 3.05) is 13.1 Å². The molecule has 0 fully saturated rings. The Morgan fingerprint density at radius 3 is 2.52 bits per heavy atom. The summed E-state index contributed by atoms with van der Waals surface area (Å²) in [6.45, 7) is 6.47. The van der Waals surface area contributed by atoms with Gasteiger partial charge in [-0.05, 0) is 31.9 Å². The Morgan fingerprint density at radius 2 is 1.90 bits per heavy atom. The molecule has 0 saturated carbocycles. The van der Waals surface area contributed by atoms with E-state index in [1.165, 1.54) is 0 Å². The molecule has 1 aromatic carbocycles. The highest BCUT2D eigenvalue weighted by Gasteiger charge is 2.16. The van der Waals surface area contributed by atoms with Crippen LogP contribution >= 0.6 is 0 Å². The lowest BCUT2D eigenvalue weighted by Gasteiger charge is -2.10. The second kappa shape index (κ2) is 8.14. The predicted octanol–water partition coefficient (Wildman–Crippen LogP) is 1.89. The van der Waals surface area contributed by atoms with E-state index in [9.17, 15) is 13.2 Å². The minimum absolute atomic E-state index is 0.105. The first-order chi connectivity index (χ1) is 9.86. The normalized spacial score (nSPS) is 11.4. The van der Waals surface area contributed by atoms with E-state index in [0.717, 1.165) is 18.4 Å². The summed E-state index contributed by atoms with van der Waals surface area (Å²) in [7, 11) is -3.56. The zero-order chi connectivity index (χ0) is 15.9. The fourth-order valence-corrected chi connectivity index (χ4v) is 3.23. The van der Waals surface area contributed by atoms with Crippen molar-refractivity contribution in [3.63, 3.8) is 0 Å². The number of amides is 1. The summed E-state index contributed by atoms with van der Waals surface area (Å²) in [6.07, 6.45) is 2.09. The molecular weight excluding hydrogens is 288 g/mol. The van der Waals surface area contributed by atoms with Crippen molar-refractivity contribution >= 4 is 15.9 Å². The van der Waals surface area contributed by atoms with E-state index in [1.807, 2.05) is 19.9 Å². The lowest BCUT2D eigenvalue weighted by molar-refractivity contribution is -0.120. The monoisotopic (exact) mass is 312 g/mol. The van der Waals surface area contributed by atoms with Crippen molar-refractivity contribution in [1.29, 1.82) is 0 Å². The maximum atomic E-state index is 12.2. The molecule has 5 nitrogen and oxygen atoms in total. The van der Waals surface area contributed by atoms with Gasteiger partial charge in [0.15, 0.2) is 0 Å². The van der Waals surface area contributed by atoms with Crippen molar-refractivity contribution in [1.82, 2.24) is 10.0 Å². The molecule has 1 rings (SSSR count). The van der Waals surface area contributed by atoms with Crippen molar-refractivity contribution in [3.8, 4) is 0 Å². The maximum absolute atomic E-state index is 12.2. The third-order valence-electron chi connectivity index (χ3n) is 3.12. The van der Waals surface area contributed by atoms with Gasteiger partial charge in [0.05, 0.1) is 4.90 Å². The average molecular weight is 312 g/mol. The highest BCUT2D eigenvalue weighted by Crippen LogP contribution is 2.16. The molecule has 0 atom stereocenters. The van der Waals surface area contributed by atoms with Crippen LogP contribution in [-0.4, -0.2) is 27.4 Å². The molecular formula is C15H24N2O3S. The van der Waals surface area contributed by atoms with Gasteiger partial charge in [-0.1, -0.05) is 31.0 Å². The zero-order valence-corrected chi connectivity index (χ0v) is 13.7. The lowest BCUT2D eigenvalue weighted by atomic mass is 10.2. The molecule has 6 heteroatoms. The molecule has 0 aromatic heterocycles. The van der Waals surface area contributed by atoms with Crippen LogP contribution < -0.4 is 10.0 Å². The molecule has 0 aliphatic rings. The fourth-order valence-electron chi connectivity index (χ4n) is 1.97. The quantitative estimate of drug-likeness (QED) is 0.720. The molecule has 0 radical (unpaired) electrons. The Hall–Kier alpha value is -1.40. The number of hydrogen-bond donors (Lipinski definition) is 2. The smallest absolute Gasteiger partial charge is 0.240 e. The molecule has 0 aliphatic heterocycles. The van der Waals surface area contributed by atoms with Gasteiger partial charge in [0.2, 0.25) is 15.9 Å². The Balaban J connectivity index is 2.52. The molecule has 0 heterocycles. The highest BCUT2D eigenvalue weighted by atomic mass is 32.2. The third kappa shape index (κ3) is 5.85. The van der Waals surface area contributed by atoms with E-state index in [-0.39, 0.29) is 23.8 Å². The number of carbonyl (C=O) groups excluding carboxylic acids is 1. The molecule has 1 amide bonds. The van der Waals surface area contributed by atoms with Gasteiger partial charge >= 0.3 is 0 Å². The van der Waals surface area contributed by atoms with Crippen molar-refractivity contribution in [3.05, 3.63) is 29.3 Å². The Morgan fingerprint density at radius 1 is 1.19 bits per heavy atom. The van der Waals surface area contributed by atoms with Crippen LogP contribution in [0.15, 0.2) is 23.1 Å². The fraction of sp³-hybridized carbons (Fsp3) is 0.533. The van der Waals surface area contributed by atoms with Crippen LogP contribution in [-0.2, 0) is 14.8 Å². The molecule has 0 saturated heterocycles. The topological polar surface area (TPSA) is 75.3 Å². The molecule has 0 spiro atoms. The summed E-state index contributed by atoms with van der Waals surface area (Å²) in [5, 5.41) is 2.75. The first-order valence-electron chi connectivity index (χ1n) is 7.20. The van der Waals surface area contributed by atoms with Crippen LogP contribution in [0.5, 0.6) is 0 Å². The van der Waals surface area contributed by atoms with E-state index in [0.29, 0.717) is 12.1 Å². The largest absolute Gasteiger partial charge is 0.356 e. The number of nitrogens with one attached hydrogen (secondary N) is 2. The Labute approximate surface area is 127 Å². The predicted molar refractivity (Wildman–Crippen MR) is 83.6 cm³/mol. The van der Waals surface area contributed by atoms with Crippen molar-refractivity contribution in [2.45, 2.75) is 44.9 Å². The van der Waals surface area contributed by atoms with Crippen LogP contribution in [0, 0.1) is 13.8 Å². The second-order valence-electron chi connectivity index (χ2n) is 5.12. The van der Waals surface area contributed by atoms with Gasteiger partial charge in [0.1, 0.15) is 0 Å². The molecule has 0 aliphatic carbocycles. The molecule has 1 aromatic rings. The minimum Gasteiger partial charge on any atom is -0.356 e. The molecule has 0 unspecified atom stereocenters. The van der Waals surface area contributed by atoms with E-state index in [2.05, 4.69) is 10.0 Å². The SMILES string of the molecule is CCCCNC(=O)CCNS(=O)(=O)c1ccc(C)cc1C. The number of rotatable bonds is 8. The van der Waals surface area contributed by atoms with E-state index < -0.39 is 10.0 Å². The third-order valence-corrected chi connectivity index (χ3v) is 4.74. The summed E-state index contributed by atoms with van der Waals surface area (Å²) >= 11 is 0. The van der Waals surface area contributed by atoms with Gasteiger partial charge in [0.25, 0.3) is 0 Å². The zero-order valence-electron chi connectivity index (χ0n) is 12.9. The molecule has 21 heavy (non-hydrogen) atoms. The molecule has 2 N–H and O–H groups in total.